The highest BCUT2D eigenvalue weighted by Crippen LogP contribution is 2.26. The number of halogens is 1. The minimum atomic E-state index is 0.929. The van der Waals surface area contributed by atoms with Crippen LogP contribution in [0, 0.1) is 0 Å². The van der Waals surface area contributed by atoms with Crippen molar-refractivity contribution in [2.75, 3.05) is 0 Å². The molecular weight excluding hydrogens is 211 g/mol. The first-order chi connectivity index (χ1) is 3.79. The van der Waals surface area contributed by atoms with Gasteiger partial charge in [-0.1, -0.05) is 34.7 Å². The standard InChI is InChI=1S/C7H11I/c1-6-2-4-7(8)5-3-6/h7H,1-5H2. The third-order valence-electron chi connectivity index (χ3n) is 1.62. The molecule has 46 valence electrons. The third-order valence-corrected chi connectivity index (χ3v) is 2.87. The van der Waals surface area contributed by atoms with Crippen LogP contribution >= 0.6 is 22.6 Å². The molecule has 1 saturated carbocycles. The van der Waals surface area contributed by atoms with Gasteiger partial charge < -0.3 is 0 Å². The van der Waals surface area contributed by atoms with Crippen LogP contribution < -0.4 is 0 Å². The van der Waals surface area contributed by atoms with E-state index in [9.17, 15) is 0 Å². The molecule has 0 spiro atoms. The zero-order valence-corrected chi connectivity index (χ0v) is 7.15. The topological polar surface area (TPSA) is 0 Å². The minimum absolute atomic E-state index is 0.929. The summed E-state index contributed by atoms with van der Waals surface area (Å²) >= 11 is 2.53. The Balaban J connectivity index is 2.29. The van der Waals surface area contributed by atoms with Gasteiger partial charge in [0.25, 0.3) is 0 Å². The van der Waals surface area contributed by atoms with E-state index in [0.717, 1.165) is 3.92 Å². The summed E-state index contributed by atoms with van der Waals surface area (Å²) in [5.41, 5.74) is 1.46. The van der Waals surface area contributed by atoms with Crippen LogP contribution in [0.1, 0.15) is 25.7 Å². The van der Waals surface area contributed by atoms with Gasteiger partial charge in [-0.05, 0) is 25.7 Å². The van der Waals surface area contributed by atoms with E-state index in [2.05, 4.69) is 29.2 Å². The molecule has 0 atom stereocenters. The van der Waals surface area contributed by atoms with Crippen molar-refractivity contribution in [3.05, 3.63) is 12.2 Å². The van der Waals surface area contributed by atoms with E-state index in [-0.39, 0.29) is 0 Å². The van der Waals surface area contributed by atoms with Crippen LogP contribution in [0.15, 0.2) is 12.2 Å². The fourth-order valence-electron chi connectivity index (χ4n) is 0.991. The van der Waals surface area contributed by atoms with Gasteiger partial charge in [0.2, 0.25) is 0 Å². The summed E-state index contributed by atoms with van der Waals surface area (Å²) in [5.74, 6) is 0. The molecule has 0 saturated heterocycles. The maximum atomic E-state index is 3.95. The lowest BCUT2D eigenvalue weighted by Gasteiger charge is -2.17. The van der Waals surface area contributed by atoms with Gasteiger partial charge >= 0.3 is 0 Å². The molecule has 0 N–H and O–H groups in total. The first-order valence-electron chi connectivity index (χ1n) is 3.10. The summed E-state index contributed by atoms with van der Waals surface area (Å²) in [5, 5.41) is 0. The smallest absolute Gasteiger partial charge is 0.0116 e. The lowest BCUT2D eigenvalue weighted by molar-refractivity contribution is 0.633. The first-order valence-corrected chi connectivity index (χ1v) is 4.34. The second-order valence-corrected chi connectivity index (χ2v) is 4.19. The molecular formula is C7H11I. The molecule has 1 aliphatic rings. The van der Waals surface area contributed by atoms with Crippen molar-refractivity contribution in [2.45, 2.75) is 29.6 Å². The molecule has 0 aliphatic heterocycles. The Morgan fingerprint density at radius 2 is 1.88 bits per heavy atom. The zero-order chi connectivity index (χ0) is 5.98. The van der Waals surface area contributed by atoms with E-state index in [1.54, 1.807) is 0 Å². The lowest BCUT2D eigenvalue weighted by atomic mass is 9.96. The zero-order valence-electron chi connectivity index (χ0n) is 4.99. The fourth-order valence-corrected chi connectivity index (χ4v) is 1.61. The van der Waals surface area contributed by atoms with E-state index in [1.165, 1.54) is 31.3 Å². The Morgan fingerprint density at radius 1 is 1.38 bits per heavy atom. The predicted octanol–water partition coefficient (Wildman–Crippen LogP) is 2.92. The molecule has 0 bridgehead atoms. The number of alkyl halides is 1. The van der Waals surface area contributed by atoms with Gasteiger partial charge in [0.15, 0.2) is 0 Å². The molecule has 1 rings (SSSR count). The molecule has 0 nitrogen and oxygen atoms in total. The number of allylic oxidation sites excluding steroid dienone is 1. The van der Waals surface area contributed by atoms with E-state index in [1.807, 2.05) is 0 Å². The van der Waals surface area contributed by atoms with Crippen molar-refractivity contribution in [1.29, 1.82) is 0 Å². The van der Waals surface area contributed by atoms with Gasteiger partial charge in [0.1, 0.15) is 0 Å². The highest BCUT2D eigenvalue weighted by molar-refractivity contribution is 14.1. The molecule has 0 aromatic rings. The van der Waals surface area contributed by atoms with Gasteiger partial charge in [-0.25, -0.2) is 0 Å². The molecule has 8 heavy (non-hydrogen) atoms. The van der Waals surface area contributed by atoms with Gasteiger partial charge in [0, 0.05) is 3.92 Å². The monoisotopic (exact) mass is 222 g/mol. The first kappa shape index (κ1) is 6.59. The van der Waals surface area contributed by atoms with Crippen molar-refractivity contribution in [2.24, 2.45) is 0 Å². The number of hydrogen-bond acceptors (Lipinski definition) is 0. The Kier molecular flexibility index (Phi) is 2.35. The molecule has 0 radical (unpaired) electrons. The van der Waals surface area contributed by atoms with Crippen LogP contribution in [0.3, 0.4) is 0 Å². The van der Waals surface area contributed by atoms with Crippen molar-refractivity contribution in [3.63, 3.8) is 0 Å². The van der Waals surface area contributed by atoms with Gasteiger partial charge in [-0.15, -0.1) is 0 Å². The van der Waals surface area contributed by atoms with Gasteiger partial charge in [-0.3, -0.25) is 0 Å². The maximum absolute atomic E-state index is 3.95. The van der Waals surface area contributed by atoms with Crippen LogP contribution in [0.4, 0.5) is 0 Å². The minimum Gasteiger partial charge on any atom is -0.0999 e. The molecule has 0 aromatic heterocycles. The third kappa shape index (κ3) is 1.77. The summed E-state index contributed by atoms with van der Waals surface area (Å²) in [7, 11) is 0. The SMILES string of the molecule is C=C1CCC(I)CC1. The predicted molar refractivity (Wildman–Crippen MR) is 45.4 cm³/mol. The average molecular weight is 222 g/mol. The van der Waals surface area contributed by atoms with E-state index >= 15 is 0 Å². The molecule has 1 aliphatic carbocycles. The van der Waals surface area contributed by atoms with E-state index < -0.39 is 0 Å². The molecule has 1 fully saturated rings. The highest BCUT2D eigenvalue weighted by Gasteiger charge is 2.10. The lowest BCUT2D eigenvalue weighted by Crippen LogP contribution is -2.04. The second kappa shape index (κ2) is 2.85. The van der Waals surface area contributed by atoms with Crippen LogP contribution in [-0.2, 0) is 0 Å². The van der Waals surface area contributed by atoms with Crippen molar-refractivity contribution in [1.82, 2.24) is 0 Å². The van der Waals surface area contributed by atoms with Gasteiger partial charge in [-0.2, -0.15) is 0 Å². The highest BCUT2D eigenvalue weighted by atomic mass is 127. The van der Waals surface area contributed by atoms with E-state index in [4.69, 9.17) is 0 Å². The number of hydrogen-bond donors (Lipinski definition) is 0. The van der Waals surface area contributed by atoms with Crippen LogP contribution in [0.25, 0.3) is 0 Å². The Hall–Kier alpha value is 0.470. The van der Waals surface area contributed by atoms with Crippen molar-refractivity contribution < 1.29 is 0 Å². The largest absolute Gasteiger partial charge is 0.0999 e. The van der Waals surface area contributed by atoms with Crippen molar-refractivity contribution >= 4 is 22.6 Å². The van der Waals surface area contributed by atoms with Crippen molar-refractivity contribution in [3.8, 4) is 0 Å². The quantitative estimate of drug-likeness (QED) is 0.336. The maximum Gasteiger partial charge on any atom is 0.0116 e. The summed E-state index contributed by atoms with van der Waals surface area (Å²) in [6, 6.07) is 0. The van der Waals surface area contributed by atoms with Gasteiger partial charge in [0.05, 0.1) is 0 Å². The van der Waals surface area contributed by atoms with Crippen LogP contribution in [-0.4, -0.2) is 3.92 Å². The molecule has 0 unspecified atom stereocenters. The molecule has 1 heteroatoms. The summed E-state index contributed by atoms with van der Waals surface area (Å²) in [6.45, 7) is 3.95. The average Bonchev–Trinajstić information content (AvgIpc) is 1.77. The number of rotatable bonds is 0. The normalized spacial score (nSPS) is 23.9. The van der Waals surface area contributed by atoms with E-state index in [0.29, 0.717) is 0 Å². The van der Waals surface area contributed by atoms with Crippen LogP contribution in [0.5, 0.6) is 0 Å². The Labute approximate surface area is 64.5 Å². The van der Waals surface area contributed by atoms with Crippen LogP contribution in [0.2, 0.25) is 0 Å². The molecule has 0 heterocycles. The molecule has 0 amide bonds. The second-order valence-electron chi connectivity index (χ2n) is 2.42. The summed E-state index contributed by atoms with van der Waals surface area (Å²) < 4.78 is 0.929. The Bertz CT molecular complexity index is 86.6. The molecule has 0 aromatic carbocycles. The summed E-state index contributed by atoms with van der Waals surface area (Å²) in [4.78, 5) is 0. The fraction of sp³-hybridized carbons (Fsp3) is 0.714. The summed E-state index contributed by atoms with van der Waals surface area (Å²) in [6.07, 6.45) is 5.26. The Morgan fingerprint density at radius 3 is 2.25 bits per heavy atom.